The maximum atomic E-state index is 12.8. The number of thioether (sulfide) groups is 1. The quantitative estimate of drug-likeness (QED) is 0.229. The van der Waals surface area contributed by atoms with Gasteiger partial charge in [0.15, 0.2) is 0 Å². The van der Waals surface area contributed by atoms with E-state index in [9.17, 15) is 4.79 Å². The van der Waals surface area contributed by atoms with Crippen LogP contribution in [0.2, 0.25) is 0 Å². The summed E-state index contributed by atoms with van der Waals surface area (Å²) in [5.41, 5.74) is 1.96. The van der Waals surface area contributed by atoms with Crippen molar-refractivity contribution >= 4 is 40.3 Å². The Labute approximate surface area is 203 Å². The lowest BCUT2D eigenvalue weighted by Gasteiger charge is -2.14. The fourth-order valence-electron chi connectivity index (χ4n) is 3.20. The van der Waals surface area contributed by atoms with Gasteiger partial charge in [0.1, 0.15) is 34.8 Å². The molecule has 1 aliphatic rings. The number of benzene rings is 3. The van der Waals surface area contributed by atoms with E-state index >= 15 is 0 Å². The van der Waals surface area contributed by atoms with Crippen molar-refractivity contribution in [3.63, 3.8) is 0 Å². The number of amides is 1. The molecular formula is C26H23NO4S2. The van der Waals surface area contributed by atoms with Crippen LogP contribution in [-0.2, 0) is 11.3 Å². The molecule has 0 aliphatic carbocycles. The lowest BCUT2D eigenvalue weighted by molar-refractivity contribution is -0.122. The molecular weight excluding hydrogens is 454 g/mol. The van der Waals surface area contributed by atoms with Crippen LogP contribution in [0, 0.1) is 0 Å². The molecule has 1 heterocycles. The largest absolute Gasteiger partial charge is 0.497 e. The second kappa shape index (κ2) is 11.0. The third-order valence-corrected chi connectivity index (χ3v) is 6.29. The fourth-order valence-corrected chi connectivity index (χ4v) is 4.46. The molecule has 0 bridgehead atoms. The Kier molecular flexibility index (Phi) is 7.65. The average molecular weight is 478 g/mol. The highest BCUT2D eigenvalue weighted by Crippen LogP contribution is 2.33. The molecule has 1 aliphatic heterocycles. The lowest BCUT2D eigenvalue weighted by atomic mass is 10.2. The zero-order chi connectivity index (χ0) is 23.0. The van der Waals surface area contributed by atoms with Gasteiger partial charge in [-0.3, -0.25) is 9.69 Å². The van der Waals surface area contributed by atoms with Gasteiger partial charge in [0, 0.05) is 0 Å². The first kappa shape index (κ1) is 22.9. The van der Waals surface area contributed by atoms with E-state index in [1.807, 2.05) is 84.9 Å². The van der Waals surface area contributed by atoms with E-state index in [4.69, 9.17) is 26.4 Å². The molecule has 168 valence electrons. The molecule has 1 saturated heterocycles. The van der Waals surface area contributed by atoms with Gasteiger partial charge in [0.05, 0.1) is 18.6 Å². The number of thiocarbonyl (C=S) groups is 1. The predicted molar refractivity (Wildman–Crippen MR) is 136 cm³/mol. The minimum absolute atomic E-state index is 0.0649. The first-order valence-electron chi connectivity index (χ1n) is 10.4. The molecule has 1 fully saturated rings. The van der Waals surface area contributed by atoms with E-state index in [0.29, 0.717) is 29.0 Å². The van der Waals surface area contributed by atoms with Crippen molar-refractivity contribution in [2.45, 2.75) is 6.54 Å². The second-order valence-corrected chi connectivity index (χ2v) is 8.87. The Morgan fingerprint density at radius 1 is 0.848 bits per heavy atom. The van der Waals surface area contributed by atoms with Crippen molar-refractivity contribution in [1.29, 1.82) is 0 Å². The van der Waals surface area contributed by atoms with E-state index in [2.05, 4.69) is 0 Å². The number of carbonyl (C=O) groups excluding carboxylic acids is 1. The van der Waals surface area contributed by atoms with Crippen LogP contribution in [-0.4, -0.2) is 35.5 Å². The van der Waals surface area contributed by atoms with E-state index in [1.165, 1.54) is 11.8 Å². The van der Waals surface area contributed by atoms with E-state index in [-0.39, 0.29) is 5.91 Å². The van der Waals surface area contributed by atoms with Crippen LogP contribution in [0.4, 0.5) is 0 Å². The third kappa shape index (κ3) is 6.15. The van der Waals surface area contributed by atoms with Crippen LogP contribution in [0.5, 0.6) is 17.2 Å². The Balaban J connectivity index is 1.28. The van der Waals surface area contributed by atoms with Crippen LogP contribution in [0.25, 0.3) is 6.08 Å². The van der Waals surface area contributed by atoms with Gasteiger partial charge in [-0.2, -0.15) is 0 Å². The molecule has 4 rings (SSSR count). The summed E-state index contributed by atoms with van der Waals surface area (Å²) in [6.45, 7) is 1.33. The number of ether oxygens (including phenoxy) is 3. The SMILES string of the molecule is COc1ccc(OCCOc2ccc(C=C3SC(=S)N(Cc4ccccc4)C3=O)cc2)cc1. The Morgan fingerprint density at radius 2 is 1.42 bits per heavy atom. The first-order chi connectivity index (χ1) is 16.1. The molecule has 0 N–H and O–H groups in total. The maximum Gasteiger partial charge on any atom is 0.266 e. The van der Waals surface area contributed by atoms with Crippen LogP contribution in [0.1, 0.15) is 11.1 Å². The van der Waals surface area contributed by atoms with Crippen LogP contribution >= 0.6 is 24.0 Å². The minimum Gasteiger partial charge on any atom is -0.497 e. The zero-order valence-corrected chi connectivity index (χ0v) is 19.7. The number of hydrogen-bond donors (Lipinski definition) is 0. The van der Waals surface area contributed by atoms with E-state index < -0.39 is 0 Å². The summed E-state index contributed by atoms with van der Waals surface area (Å²) in [4.78, 5) is 15.1. The molecule has 0 saturated carbocycles. The summed E-state index contributed by atoms with van der Waals surface area (Å²) in [6, 6.07) is 24.9. The number of rotatable bonds is 9. The smallest absolute Gasteiger partial charge is 0.266 e. The molecule has 0 spiro atoms. The van der Waals surface area contributed by atoms with Crippen molar-refractivity contribution in [3.05, 3.63) is 94.9 Å². The Bertz CT molecular complexity index is 1130. The molecule has 3 aromatic carbocycles. The van der Waals surface area contributed by atoms with E-state index in [1.54, 1.807) is 12.0 Å². The molecule has 7 heteroatoms. The van der Waals surface area contributed by atoms with Gasteiger partial charge in [-0.15, -0.1) is 0 Å². The van der Waals surface area contributed by atoms with Crippen LogP contribution in [0.3, 0.4) is 0 Å². The van der Waals surface area contributed by atoms with Gasteiger partial charge in [-0.1, -0.05) is 66.4 Å². The number of hydrogen-bond acceptors (Lipinski definition) is 6. The second-order valence-electron chi connectivity index (χ2n) is 7.19. The summed E-state index contributed by atoms with van der Waals surface area (Å²) in [5, 5.41) is 0. The minimum atomic E-state index is -0.0649. The highest BCUT2D eigenvalue weighted by molar-refractivity contribution is 8.26. The maximum absolute atomic E-state index is 12.8. The van der Waals surface area contributed by atoms with Crippen molar-refractivity contribution < 1.29 is 19.0 Å². The van der Waals surface area contributed by atoms with Gasteiger partial charge in [-0.25, -0.2) is 0 Å². The molecule has 0 unspecified atom stereocenters. The normalized spacial score (nSPS) is 14.6. The van der Waals surface area contributed by atoms with Crippen molar-refractivity contribution in [2.24, 2.45) is 0 Å². The highest BCUT2D eigenvalue weighted by atomic mass is 32.2. The first-order valence-corrected chi connectivity index (χ1v) is 11.6. The summed E-state index contributed by atoms with van der Waals surface area (Å²) >= 11 is 6.76. The number of nitrogens with zero attached hydrogens (tertiary/aromatic N) is 1. The van der Waals surface area contributed by atoms with Gasteiger partial charge in [-0.05, 0) is 53.6 Å². The summed E-state index contributed by atoms with van der Waals surface area (Å²) in [5.74, 6) is 2.23. The van der Waals surface area contributed by atoms with Gasteiger partial charge < -0.3 is 14.2 Å². The number of carbonyl (C=O) groups is 1. The van der Waals surface area contributed by atoms with E-state index in [0.717, 1.165) is 28.4 Å². The summed E-state index contributed by atoms with van der Waals surface area (Å²) in [7, 11) is 1.63. The Morgan fingerprint density at radius 3 is 2.03 bits per heavy atom. The topological polar surface area (TPSA) is 48.0 Å². The standard InChI is InChI=1S/C26H23NO4S2/c1-29-21-11-13-23(14-12-21)31-16-15-30-22-9-7-19(8-10-22)17-24-25(28)27(26(32)33-24)18-20-5-3-2-4-6-20/h2-14,17H,15-16,18H2,1H3. The van der Waals surface area contributed by atoms with Crippen LogP contribution in [0.15, 0.2) is 83.8 Å². The monoisotopic (exact) mass is 477 g/mol. The molecule has 3 aromatic rings. The molecule has 5 nitrogen and oxygen atoms in total. The van der Waals surface area contributed by atoms with Gasteiger partial charge in [0.2, 0.25) is 0 Å². The third-order valence-electron chi connectivity index (χ3n) is 4.92. The van der Waals surface area contributed by atoms with Crippen LogP contribution < -0.4 is 14.2 Å². The number of methoxy groups -OCH3 is 1. The average Bonchev–Trinajstić information content (AvgIpc) is 3.11. The molecule has 0 radical (unpaired) electrons. The van der Waals surface area contributed by atoms with Crippen molar-refractivity contribution in [3.8, 4) is 17.2 Å². The summed E-state index contributed by atoms with van der Waals surface area (Å²) < 4.78 is 17.1. The molecule has 0 atom stereocenters. The molecule has 1 amide bonds. The molecule has 33 heavy (non-hydrogen) atoms. The Hall–Kier alpha value is -3.29. The van der Waals surface area contributed by atoms with Gasteiger partial charge in [0.25, 0.3) is 5.91 Å². The fraction of sp³-hybridized carbons (Fsp3) is 0.154. The highest BCUT2D eigenvalue weighted by Gasteiger charge is 2.31. The molecule has 0 aromatic heterocycles. The zero-order valence-electron chi connectivity index (χ0n) is 18.1. The van der Waals surface area contributed by atoms with Crippen molar-refractivity contribution in [1.82, 2.24) is 4.90 Å². The van der Waals surface area contributed by atoms with Gasteiger partial charge >= 0.3 is 0 Å². The lowest BCUT2D eigenvalue weighted by Crippen LogP contribution is -2.27. The van der Waals surface area contributed by atoms with Crippen molar-refractivity contribution in [2.75, 3.05) is 20.3 Å². The summed E-state index contributed by atoms with van der Waals surface area (Å²) in [6.07, 6.45) is 1.86. The predicted octanol–water partition coefficient (Wildman–Crippen LogP) is 5.55.